The molecule has 1 aromatic carbocycles. The Kier molecular flexibility index (Phi) is 5.41. The van der Waals surface area contributed by atoms with Crippen molar-refractivity contribution in [3.63, 3.8) is 0 Å². The fourth-order valence-electron chi connectivity index (χ4n) is 2.73. The zero-order valence-electron chi connectivity index (χ0n) is 13.1. The maximum Gasteiger partial charge on any atom is 0.240 e. The SMILES string of the molecule is CC(C)NCc1cccc(S(=O)(=O)NC2CCCC2C)c1. The molecule has 5 heteroatoms. The molecule has 1 aromatic rings. The molecule has 2 atom stereocenters. The molecule has 1 fully saturated rings. The van der Waals surface area contributed by atoms with Crippen LogP contribution in [-0.4, -0.2) is 20.5 Å². The van der Waals surface area contributed by atoms with Gasteiger partial charge in [0, 0.05) is 18.6 Å². The molecule has 0 aliphatic heterocycles. The van der Waals surface area contributed by atoms with Gasteiger partial charge in [0.25, 0.3) is 0 Å². The smallest absolute Gasteiger partial charge is 0.240 e. The Balaban J connectivity index is 2.10. The minimum absolute atomic E-state index is 0.0763. The van der Waals surface area contributed by atoms with Crippen LogP contribution in [0.25, 0.3) is 0 Å². The van der Waals surface area contributed by atoms with Crippen molar-refractivity contribution in [2.75, 3.05) is 0 Å². The summed E-state index contributed by atoms with van der Waals surface area (Å²) in [4.78, 5) is 0.365. The Labute approximate surface area is 128 Å². The molecular formula is C16H26N2O2S. The molecule has 2 N–H and O–H groups in total. The molecule has 0 heterocycles. The Morgan fingerprint density at radius 3 is 2.67 bits per heavy atom. The molecule has 1 aliphatic rings. The molecule has 1 aliphatic carbocycles. The van der Waals surface area contributed by atoms with Crippen molar-refractivity contribution < 1.29 is 8.42 Å². The number of benzene rings is 1. The van der Waals surface area contributed by atoms with Crippen LogP contribution in [0.4, 0.5) is 0 Å². The molecule has 0 radical (unpaired) electrons. The lowest BCUT2D eigenvalue weighted by Crippen LogP contribution is -2.36. The molecule has 118 valence electrons. The topological polar surface area (TPSA) is 58.2 Å². The van der Waals surface area contributed by atoms with Crippen molar-refractivity contribution in [2.45, 2.75) is 63.6 Å². The van der Waals surface area contributed by atoms with Gasteiger partial charge in [-0.25, -0.2) is 13.1 Å². The van der Waals surface area contributed by atoms with Gasteiger partial charge in [-0.3, -0.25) is 0 Å². The van der Waals surface area contributed by atoms with Crippen molar-refractivity contribution in [1.82, 2.24) is 10.0 Å². The summed E-state index contributed by atoms with van der Waals surface area (Å²) >= 11 is 0. The lowest BCUT2D eigenvalue weighted by molar-refractivity contribution is 0.476. The maximum atomic E-state index is 12.5. The number of sulfonamides is 1. The van der Waals surface area contributed by atoms with Gasteiger partial charge in [0.2, 0.25) is 10.0 Å². The maximum absolute atomic E-state index is 12.5. The van der Waals surface area contributed by atoms with E-state index in [9.17, 15) is 8.42 Å². The third-order valence-corrected chi connectivity index (χ3v) is 5.58. The Morgan fingerprint density at radius 2 is 2.05 bits per heavy atom. The first-order valence-corrected chi connectivity index (χ1v) is 9.21. The highest BCUT2D eigenvalue weighted by Gasteiger charge is 2.28. The van der Waals surface area contributed by atoms with E-state index >= 15 is 0 Å². The van der Waals surface area contributed by atoms with Gasteiger partial charge < -0.3 is 5.32 Å². The lowest BCUT2D eigenvalue weighted by atomic mass is 10.1. The fourth-order valence-corrected chi connectivity index (χ4v) is 4.18. The fraction of sp³-hybridized carbons (Fsp3) is 0.625. The molecule has 0 aromatic heterocycles. The number of hydrogen-bond donors (Lipinski definition) is 2. The average molecular weight is 310 g/mol. The van der Waals surface area contributed by atoms with Crippen molar-refractivity contribution >= 4 is 10.0 Å². The van der Waals surface area contributed by atoms with E-state index in [0.29, 0.717) is 23.4 Å². The first kappa shape index (κ1) is 16.5. The lowest BCUT2D eigenvalue weighted by Gasteiger charge is -2.18. The molecular weight excluding hydrogens is 284 g/mol. The van der Waals surface area contributed by atoms with Crippen LogP contribution >= 0.6 is 0 Å². The van der Waals surface area contributed by atoms with Gasteiger partial charge in [-0.1, -0.05) is 39.3 Å². The van der Waals surface area contributed by atoms with Crippen molar-refractivity contribution in [2.24, 2.45) is 5.92 Å². The third-order valence-electron chi connectivity index (χ3n) is 4.09. The summed E-state index contributed by atoms with van der Waals surface area (Å²) in [6, 6.07) is 7.64. The second kappa shape index (κ2) is 6.90. The zero-order chi connectivity index (χ0) is 15.5. The highest BCUT2D eigenvalue weighted by Crippen LogP contribution is 2.26. The predicted molar refractivity (Wildman–Crippen MR) is 85.5 cm³/mol. The summed E-state index contributed by atoms with van der Waals surface area (Å²) in [6.45, 7) is 6.94. The van der Waals surface area contributed by atoms with Gasteiger partial charge in [0.05, 0.1) is 4.90 Å². The molecule has 0 bridgehead atoms. The quantitative estimate of drug-likeness (QED) is 0.849. The van der Waals surface area contributed by atoms with Gasteiger partial charge in [0.15, 0.2) is 0 Å². The second-order valence-electron chi connectivity index (χ2n) is 6.32. The normalized spacial score (nSPS) is 22.9. The summed E-state index contributed by atoms with van der Waals surface area (Å²) in [5.74, 6) is 0.422. The average Bonchev–Trinajstić information content (AvgIpc) is 2.82. The van der Waals surface area contributed by atoms with Gasteiger partial charge in [-0.05, 0) is 36.5 Å². The summed E-state index contributed by atoms with van der Waals surface area (Å²) in [7, 11) is -3.42. The molecule has 21 heavy (non-hydrogen) atoms. The zero-order valence-corrected chi connectivity index (χ0v) is 13.9. The monoisotopic (exact) mass is 310 g/mol. The summed E-state index contributed by atoms with van der Waals surface area (Å²) in [6.07, 6.45) is 3.15. The summed E-state index contributed by atoms with van der Waals surface area (Å²) < 4.78 is 27.9. The Hall–Kier alpha value is -0.910. The van der Waals surface area contributed by atoms with Crippen LogP contribution in [0, 0.1) is 5.92 Å². The molecule has 0 saturated heterocycles. The third kappa shape index (κ3) is 4.53. The van der Waals surface area contributed by atoms with E-state index in [4.69, 9.17) is 0 Å². The highest BCUT2D eigenvalue weighted by atomic mass is 32.2. The van der Waals surface area contributed by atoms with E-state index in [2.05, 4.69) is 30.8 Å². The van der Waals surface area contributed by atoms with E-state index in [1.54, 1.807) is 12.1 Å². The predicted octanol–water partition coefficient (Wildman–Crippen LogP) is 2.65. The summed E-state index contributed by atoms with van der Waals surface area (Å²) in [5, 5.41) is 3.31. The van der Waals surface area contributed by atoms with Crippen LogP contribution in [0.3, 0.4) is 0 Å². The van der Waals surface area contributed by atoms with Crippen molar-refractivity contribution in [3.8, 4) is 0 Å². The van der Waals surface area contributed by atoms with Crippen LogP contribution in [0.2, 0.25) is 0 Å². The first-order valence-electron chi connectivity index (χ1n) is 7.73. The van der Waals surface area contributed by atoms with E-state index in [-0.39, 0.29) is 6.04 Å². The minimum atomic E-state index is -3.42. The molecule has 4 nitrogen and oxygen atoms in total. The van der Waals surface area contributed by atoms with Gasteiger partial charge in [-0.15, -0.1) is 0 Å². The molecule has 2 rings (SSSR count). The minimum Gasteiger partial charge on any atom is -0.310 e. The van der Waals surface area contributed by atoms with E-state index in [0.717, 1.165) is 24.8 Å². The van der Waals surface area contributed by atoms with Crippen molar-refractivity contribution in [3.05, 3.63) is 29.8 Å². The summed E-state index contributed by atoms with van der Waals surface area (Å²) in [5.41, 5.74) is 0.992. The van der Waals surface area contributed by atoms with E-state index < -0.39 is 10.0 Å². The van der Waals surface area contributed by atoms with Crippen LogP contribution in [0.5, 0.6) is 0 Å². The van der Waals surface area contributed by atoms with Crippen LogP contribution in [0.1, 0.15) is 45.6 Å². The second-order valence-corrected chi connectivity index (χ2v) is 8.03. The van der Waals surface area contributed by atoms with Crippen LogP contribution in [-0.2, 0) is 16.6 Å². The largest absolute Gasteiger partial charge is 0.310 e. The molecule has 0 spiro atoms. The molecule has 0 amide bonds. The van der Waals surface area contributed by atoms with Gasteiger partial charge in [-0.2, -0.15) is 0 Å². The van der Waals surface area contributed by atoms with Crippen molar-refractivity contribution in [1.29, 1.82) is 0 Å². The van der Waals surface area contributed by atoms with Gasteiger partial charge >= 0.3 is 0 Å². The van der Waals surface area contributed by atoms with E-state index in [1.807, 2.05) is 12.1 Å². The number of nitrogens with one attached hydrogen (secondary N) is 2. The van der Waals surface area contributed by atoms with Gasteiger partial charge in [0.1, 0.15) is 0 Å². The number of rotatable bonds is 6. The van der Waals surface area contributed by atoms with Crippen LogP contribution in [0.15, 0.2) is 29.2 Å². The Morgan fingerprint density at radius 1 is 1.29 bits per heavy atom. The highest BCUT2D eigenvalue weighted by molar-refractivity contribution is 7.89. The van der Waals surface area contributed by atoms with E-state index in [1.165, 1.54) is 0 Å². The first-order chi connectivity index (χ1) is 9.88. The molecule has 2 unspecified atom stereocenters. The standard InChI is InChI=1S/C16H26N2O2S/c1-12(2)17-11-14-7-5-8-15(10-14)21(19,20)18-16-9-4-6-13(16)3/h5,7-8,10,12-13,16-18H,4,6,9,11H2,1-3H3. The number of hydrogen-bond acceptors (Lipinski definition) is 3. The Bertz CT molecular complexity index is 569. The van der Waals surface area contributed by atoms with Crippen LogP contribution < -0.4 is 10.0 Å². The molecule has 1 saturated carbocycles.